The molecule has 1 aromatic heterocycles. The number of allylic oxidation sites excluding steroid dienone is 1. The summed E-state index contributed by atoms with van der Waals surface area (Å²) in [5.41, 5.74) is 5.48. The monoisotopic (exact) mass is 362 g/mol. The van der Waals surface area contributed by atoms with Crippen LogP contribution in [0.3, 0.4) is 0 Å². The second-order valence-corrected chi connectivity index (χ2v) is 6.18. The average molecular weight is 362 g/mol. The Morgan fingerprint density at radius 2 is 1.74 bits per heavy atom. The number of ether oxygens (including phenoxy) is 1. The van der Waals surface area contributed by atoms with E-state index in [4.69, 9.17) is 9.15 Å². The van der Waals surface area contributed by atoms with Gasteiger partial charge in [-0.2, -0.15) is 0 Å². The van der Waals surface area contributed by atoms with Gasteiger partial charge in [0, 0.05) is 5.56 Å². The van der Waals surface area contributed by atoms with Crippen molar-refractivity contribution in [3.05, 3.63) is 83.8 Å². The van der Waals surface area contributed by atoms with Gasteiger partial charge >= 0.3 is 7.12 Å². The molecular formula is C22H23BO4. The quantitative estimate of drug-likeness (QED) is 0.497. The second-order valence-electron chi connectivity index (χ2n) is 6.18. The van der Waals surface area contributed by atoms with Crippen LogP contribution in [0.15, 0.2) is 71.5 Å². The average Bonchev–Trinajstić information content (AvgIpc) is 3.20. The lowest BCUT2D eigenvalue weighted by Crippen LogP contribution is -2.30. The van der Waals surface area contributed by atoms with E-state index in [0.717, 1.165) is 34.3 Å². The summed E-state index contributed by atoms with van der Waals surface area (Å²) >= 11 is 0. The summed E-state index contributed by atoms with van der Waals surface area (Å²) in [6.07, 6.45) is 4.14. The third kappa shape index (κ3) is 4.33. The number of hydrogen-bond acceptors (Lipinski definition) is 4. The highest BCUT2D eigenvalue weighted by atomic mass is 16.5. The van der Waals surface area contributed by atoms with E-state index in [0.29, 0.717) is 17.8 Å². The van der Waals surface area contributed by atoms with Gasteiger partial charge in [-0.1, -0.05) is 43.3 Å². The maximum Gasteiger partial charge on any atom is 0.488 e. The zero-order valence-electron chi connectivity index (χ0n) is 15.6. The van der Waals surface area contributed by atoms with Crippen molar-refractivity contribution in [3.63, 3.8) is 0 Å². The van der Waals surface area contributed by atoms with Crippen LogP contribution in [0.4, 0.5) is 0 Å². The smallest absolute Gasteiger partial charge is 0.488 e. The maximum atomic E-state index is 9.70. The van der Waals surface area contributed by atoms with Crippen molar-refractivity contribution < 1.29 is 19.2 Å². The van der Waals surface area contributed by atoms with E-state index < -0.39 is 7.12 Å². The van der Waals surface area contributed by atoms with Crippen LogP contribution in [0.25, 0.3) is 11.1 Å². The molecule has 4 nitrogen and oxygen atoms in total. The Balaban J connectivity index is 2.26. The van der Waals surface area contributed by atoms with Gasteiger partial charge in [0.15, 0.2) is 0 Å². The lowest BCUT2D eigenvalue weighted by Gasteiger charge is -2.17. The Kier molecular flexibility index (Phi) is 6.17. The molecule has 3 rings (SSSR count). The molecule has 0 amide bonds. The van der Waals surface area contributed by atoms with E-state index in [1.807, 2.05) is 37.3 Å². The number of furan rings is 1. The Morgan fingerprint density at radius 3 is 2.33 bits per heavy atom. The third-order valence-electron chi connectivity index (χ3n) is 4.41. The van der Waals surface area contributed by atoms with Crippen LogP contribution in [-0.4, -0.2) is 23.8 Å². The van der Waals surface area contributed by atoms with Gasteiger partial charge in [0.05, 0.1) is 19.1 Å². The molecule has 0 fully saturated rings. The van der Waals surface area contributed by atoms with E-state index >= 15 is 0 Å². The van der Waals surface area contributed by atoms with Crippen LogP contribution in [0.5, 0.6) is 5.75 Å². The van der Waals surface area contributed by atoms with Crippen molar-refractivity contribution in [3.8, 4) is 5.75 Å². The molecule has 1 heterocycles. The van der Waals surface area contributed by atoms with E-state index in [-0.39, 0.29) is 0 Å². The fourth-order valence-corrected chi connectivity index (χ4v) is 3.25. The van der Waals surface area contributed by atoms with Crippen molar-refractivity contribution in [2.75, 3.05) is 6.61 Å². The van der Waals surface area contributed by atoms with Crippen LogP contribution in [-0.2, 0) is 0 Å². The minimum absolute atomic E-state index is 0.404. The summed E-state index contributed by atoms with van der Waals surface area (Å²) in [5, 5.41) is 19.4. The molecule has 2 aromatic carbocycles. The van der Waals surface area contributed by atoms with Crippen molar-refractivity contribution in [1.82, 2.24) is 0 Å². The zero-order chi connectivity index (χ0) is 19.2. The fourth-order valence-electron chi connectivity index (χ4n) is 3.25. The predicted molar refractivity (Wildman–Crippen MR) is 109 cm³/mol. The lowest BCUT2D eigenvalue weighted by atomic mass is 9.78. The summed E-state index contributed by atoms with van der Waals surface area (Å²) in [6.45, 7) is 4.49. The van der Waals surface area contributed by atoms with Gasteiger partial charge in [-0.15, -0.1) is 0 Å². The molecule has 0 saturated carbocycles. The minimum atomic E-state index is -1.56. The van der Waals surface area contributed by atoms with Gasteiger partial charge in [-0.05, 0) is 59.3 Å². The number of hydrogen-bond donors (Lipinski definition) is 2. The van der Waals surface area contributed by atoms with Gasteiger partial charge < -0.3 is 19.2 Å². The molecule has 0 bridgehead atoms. The first-order valence-electron chi connectivity index (χ1n) is 9.09. The fraction of sp³-hybridized carbons (Fsp3) is 0.182. The molecule has 0 aliphatic rings. The molecule has 0 aliphatic carbocycles. The molecule has 0 saturated heterocycles. The molecule has 27 heavy (non-hydrogen) atoms. The summed E-state index contributed by atoms with van der Waals surface area (Å²) in [4.78, 5) is 0. The number of benzene rings is 2. The maximum absolute atomic E-state index is 9.70. The molecule has 5 heteroatoms. The Labute approximate surface area is 159 Å². The summed E-state index contributed by atoms with van der Waals surface area (Å²) < 4.78 is 11.0. The van der Waals surface area contributed by atoms with Crippen molar-refractivity contribution in [2.45, 2.75) is 20.3 Å². The van der Waals surface area contributed by atoms with Crippen LogP contribution in [0, 0.1) is 0 Å². The molecule has 3 aromatic rings. The van der Waals surface area contributed by atoms with Gasteiger partial charge in [0.25, 0.3) is 0 Å². The first-order valence-corrected chi connectivity index (χ1v) is 9.09. The van der Waals surface area contributed by atoms with Gasteiger partial charge in [0.2, 0.25) is 0 Å². The van der Waals surface area contributed by atoms with E-state index in [2.05, 4.69) is 19.1 Å². The van der Waals surface area contributed by atoms with E-state index in [9.17, 15) is 10.0 Å². The zero-order valence-corrected chi connectivity index (χ0v) is 15.6. The molecule has 0 spiro atoms. The number of rotatable bonds is 7. The third-order valence-corrected chi connectivity index (χ3v) is 4.41. The topological polar surface area (TPSA) is 62.8 Å². The summed E-state index contributed by atoms with van der Waals surface area (Å²) in [5.74, 6) is 0.614. The van der Waals surface area contributed by atoms with E-state index in [1.54, 1.807) is 24.7 Å². The largest absolute Gasteiger partial charge is 0.494 e. The first-order chi connectivity index (χ1) is 13.1. The second kappa shape index (κ2) is 8.76. The van der Waals surface area contributed by atoms with Gasteiger partial charge in [-0.25, -0.2) is 0 Å². The Hall–Kier alpha value is -2.76. The summed E-state index contributed by atoms with van der Waals surface area (Å²) in [6, 6.07) is 17.4. The van der Waals surface area contributed by atoms with Crippen LogP contribution in [0.1, 0.15) is 37.0 Å². The highest BCUT2D eigenvalue weighted by Gasteiger charge is 2.18. The molecule has 0 unspecified atom stereocenters. The summed E-state index contributed by atoms with van der Waals surface area (Å²) in [7, 11) is -1.56. The van der Waals surface area contributed by atoms with Crippen LogP contribution < -0.4 is 10.2 Å². The highest BCUT2D eigenvalue weighted by molar-refractivity contribution is 6.58. The highest BCUT2D eigenvalue weighted by Crippen LogP contribution is 2.35. The van der Waals surface area contributed by atoms with E-state index in [1.165, 1.54) is 0 Å². The minimum Gasteiger partial charge on any atom is -0.494 e. The van der Waals surface area contributed by atoms with Crippen molar-refractivity contribution in [1.29, 1.82) is 0 Å². The lowest BCUT2D eigenvalue weighted by molar-refractivity contribution is 0.340. The van der Waals surface area contributed by atoms with Crippen LogP contribution >= 0.6 is 0 Å². The predicted octanol–water partition coefficient (Wildman–Crippen LogP) is 3.73. The van der Waals surface area contributed by atoms with Crippen molar-refractivity contribution >= 4 is 23.7 Å². The molecular weight excluding hydrogens is 339 g/mol. The SMILES string of the molecule is CCOc1cc(B(O)O)cc(/C(CC)=C(\c2ccccc2)c2ccoc2)c1. The molecule has 2 N–H and O–H groups in total. The van der Waals surface area contributed by atoms with Gasteiger partial charge in [-0.3, -0.25) is 0 Å². The molecule has 0 aliphatic heterocycles. The van der Waals surface area contributed by atoms with Crippen LogP contribution in [0.2, 0.25) is 0 Å². The Bertz CT molecular complexity index is 899. The normalized spacial score (nSPS) is 11.9. The first kappa shape index (κ1) is 19.0. The standard InChI is InChI=1S/C22H23BO4/c1-3-21(18-12-19(23(24)25)14-20(13-18)27-4-2)22(17-10-11-26-15-17)16-8-6-5-7-9-16/h5-15,24-25H,3-4H2,1-2H3/b22-21+. The molecule has 0 atom stereocenters. The molecule has 0 radical (unpaired) electrons. The van der Waals surface area contributed by atoms with Crippen molar-refractivity contribution in [2.24, 2.45) is 0 Å². The molecule has 138 valence electrons. The Morgan fingerprint density at radius 1 is 0.963 bits per heavy atom. The van der Waals surface area contributed by atoms with Gasteiger partial charge in [0.1, 0.15) is 5.75 Å².